The van der Waals surface area contributed by atoms with Gasteiger partial charge in [-0.15, -0.1) is 11.3 Å². The minimum absolute atomic E-state index is 0.0548. The van der Waals surface area contributed by atoms with Crippen LogP contribution in [0.15, 0.2) is 11.6 Å². The van der Waals surface area contributed by atoms with Gasteiger partial charge < -0.3 is 20.3 Å². The molecule has 1 aromatic rings. The standard InChI is InChI=1S/C19H31N5O3S/c1-14(2)16(23-7-9-27-10-8-23)12-21-19(26)24-6-3-4-15(13-24)17(25)22-18-20-5-11-28-18/h5,11,14-16H,3-4,6-10,12-13H2,1-2H3,(H,21,26)(H,20,22,25). The Bertz CT molecular complexity index is 634. The summed E-state index contributed by atoms with van der Waals surface area (Å²) in [4.78, 5) is 33.5. The van der Waals surface area contributed by atoms with Gasteiger partial charge in [0.25, 0.3) is 0 Å². The zero-order chi connectivity index (χ0) is 19.9. The smallest absolute Gasteiger partial charge is 0.317 e. The van der Waals surface area contributed by atoms with E-state index in [9.17, 15) is 9.59 Å². The molecule has 0 bridgehead atoms. The van der Waals surface area contributed by atoms with Gasteiger partial charge in [0.2, 0.25) is 5.91 Å². The number of rotatable bonds is 6. The first kappa shape index (κ1) is 21.0. The van der Waals surface area contributed by atoms with Crippen LogP contribution in [0.5, 0.6) is 0 Å². The van der Waals surface area contributed by atoms with Crippen LogP contribution in [0.2, 0.25) is 0 Å². The van der Waals surface area contributed by atoms with E-state index in [1.807, 2.05) is 5.38 Å². The molecule has 8 nitrogen and oxygen atoms in total. The first-order chi connectivity index (χ1) is 13.5. The maximum atomic E-state index is 12.7. The average Bonchev–Trinajstić information content (AvgIpc) is 3.21. The lowest BCUT2D eigenvalue weighted by Crippen LogP contribution is -2.54. The first-order valence-corrected chi connectivity index (χ1v) is 11.0. The minimum atomic E-state index is -0.191. The second kappa shape index (κ2) is 10.2. The summed E-state index contributed by atoms with van der Waals surface area (Å²) >= 11 is 1.40. The number of aromatic nitrogens is 1. The van der Waals surface area contributed by atoms with Crippen LogP contribution in [0.3, 0.4) is 0 Å². The van der Waals surface area contributed by atoms with Gasteiger partial charge in [-0.25, -0.2) is 9.78 Å². The van der Waals surface area contributed by atoms with Crippen molar-refractivity contribution in [3.8, 4) is 0 Å². The van der Waals surface area contributed by atoms with Crippen LogP contribution >= 0.6 is 11.3 Å². The Hall–Kier alpha value is -1.71. The quantitative estimate of drug-likeness (QED) is 0.749. The first-order valence-electron chi connectivity index (χ1n) is 10.1. The second-order valence-corrected chi connectivity index (χ2v) is 8.65. The highest BCUT2D eigenvalue weighted by Crippen LogP contribution is 2.20. The minimum Gasteiger partial charge on any atom is -0.379 e. The number of thiazole rings is 1. The zero-order valence-electron chi connectivity index (χ0n) is 16.7. The van der Waals surface area contributed by atoms with Gasteiger partial charge in [-0.1, -0.05) is 13.8 Å². The highest BCUT2D eigenvalue weighted by Gasteiger charge is 2.30. The molecule has 2 unspecified atom stereocenters. The van der Waals surface area contributed by atoms with Crippen LogP contribution in [0, 0.1) is 11.8 Å². The van der Waals surface area contributed by atoms with Crippen LogP contribution < -0.4 is 10.6 Å². The fourth-order valence-electron chi connectivity index (χ4n) is 3.87. The molecule has 2 aliphatic rings. The van der Waals surface area contributed by atoms with Crippen molar-refractivity contribution in [3.63, 3.8) is 0 Å². The van der Waals surface area contributed by atoms with Gasteiger partial charge in [0.05, 0.1) is 19.1 Å². The molecular formula is C19H31N5O3S. The van der Waals surface area contributed by atoms with Crippen molar-refractivity contribution >= 4 is 28.4 Å². The highest BCUT2D eigenvalue weighted by molar-refractivity contribution is 7.13. The van der Waals surface area contributed by atoms with Gasteiger partial charge in [-0.2, -0.15) is 0 Å². The molecule has 0 radical (unpaired) electrons. The van der Waals surface area contributed by atoms with Crippen molar-refractivity contribution in [2.45, 2.75) is 32.7 Å². The predicted molar refractivity (Wildman–Crippen MR) is 109 cm³/mol. The monoisotopic (exact) mass is 409 g/mol. The van der Waals surface area contributed by atoms with Gasteiger partial charge in [0.15, 0.2) is 5.13 Å². The molecule has 2 fully saturated rings. The number of amides is 3. The SMILES string of the molecule is CC(C)C(CNC(=O)N1CCCC(C(=O)Nc2nccs2)C1)N1CCOCC1. The Balaban J connectivity index is 1.49. The Morgan fingerprint density at radius 3 is 2.79 bits per heavy atom. The van der Waals surface area contributed by atoms with Crippen molar-refractivity contribution < 1.29 is 14.3 Å². The number of urea groups is 1. The number of nitrogens with zero attached hydrogens (tertiary/aromatic N) is 3. The van der Waals surface area contributed by atoms with E-state index in [4.69, 9.17) is 4.74 Å². The number of hydrogen-bond acceptors (Lipinski definition) is 6. The van der Waals surface area contributed by atoms with Gasteiger partial charge in [0.1, 0.15) is 0 Å². The van der Waals surface area contributed by atoms with E-state index in [0.717, 1.165) is 39.1 Å². The van der Waals surface area contributed by atoms with Crippen molar-refractivity contribution in [2.75, 3.05) is 51.3 Å². The number of carbonyl (C=O) groups excluding carboxylic acids is 2. The fourth-order valence-corrected chi connectivity index (χ4v) is 4.40. The molecule has 3 heterocycles. The lowest BCUT2D eigenvalue weighted by Gasteiger charge is -2.38. The molecule has 156 valence electrons. The number of hydrogen-bond donors (Lipinski definition) is 2. The average molecular weight is 410 g/mol. The normalized spacial score (nSPS) is 22.1. The van der Waals surface area contributed by atoms with Crippen molar-refractivity contribution in [3.05, 3.63) is 11.6 Å². The van der Waals surface area contributed by atoms with E-state index in [-0.39, 0.29) is 17.9 Å². The van der Waals surface area contributed by atoms with Crippen LogP contribution in [0.25, 0.3) is 0 Å². The molecule has 2 aliphatic heterocycles. The second-order valence-electron chi connectivity index (χ2n) is 7.76. The molecule has 2 N–H and O–H groups in total. The summed E-state index contributed by atoms with van der Waals surface area (Å²) in [5, 5.41) is 8.39. The molecule has 0 aliphatic carbocycles. The Kier molecular flexibility index (Phi) is 7.64. The summed E-state index contributed by atoms with van der Waals surface area (Å²) in [5.74, 6) is 0.195. The fraction of sp³-hybridized carbons (Fsp3) is 0.737. The number of morpholine rings is 1. The van der Waals surface area contributed by atoms with E-state index >= 15 is 0 Å². The summed E-state index contributed by atoms with van der Waals surface area (Å²) in [5.41, 5.74) is 0. The molecule has 1 aromatic heterocycles. The van der Waals surface area contributed by atoms with Crippen LogP contribution in [-0.2, 0) is 9.53 Å². The van der Waals surface area contributed by atoms with Gasteiger partial charge >= 0.3 is 6.03 Å². The third-order valence-corrected chi connectivity index (χ3v) is 6.18. The van der Waals surface area contributed by atoms with E-state index < -0.39 is 0 Å². The Morgan fingerprint density at radius 2 is 2.11 bits per heavy atom. The molecule has 3 amide bonds. The molecule has 3 rings (SSSR count). The summed E-state index contributed by atoms with van der Waals surface area (Å²) in [6.07, 6.45) is 3.30. The summed E-state index contributed by atoms with van der Waals surface area (Å²) in [7, 11) is 0. The summed E-state index contributed by atoms with van der Waals surface area (Å²) < 4.78 is 5.44. The predicted octanol–water partition coefficient (Wildman–Crippen LogP) is 1.86. The van der Waals surface area contributed by atoms with Crippen molar-refractivity contribution in [1.82, 2.24) is 20.1 Å². The number of anilines is 1. The summed E-state index contributed by atoms with van der Waals surface area (Å²) in [6, 6.07) is 0.215. The van der Waals surface area contributed by atoms with E-state index in [0.29, 0.717) is 36.7 Å². The number of nitrogens with one attached hydrogen (secondary N) is 2. The third-order valence-electron chi connectivity index (χ3n) is 5.49. The topological polar surface area (TPSA) is 86.8 Å². The molecular weight excluding hydrogens is 378 g/mol. The number of carbonyl (C=O) groups is 2. The van der Waals surface area contributed by atoms with Crippen LogP contribution in [0.1, 0.15) is 26.7 Å². The number of ether oxygens (including phenoxy) is 1. The molecule has 0 spiro atoms. The molecule has 9 heteroatoms. The van der Waals surface area contributed by atoms with Crippen LogP contribution in [0.4, 0.5) is 9.93 Å². The van der Waals surface area contributed by atoms with Gasteiger partial charge in [0, 0.05) is 50.3 Å². The molecule has 0 aromatic carbocycles. The number of piperidine rings is 1. The maximum Gasteiger partial charge on any atom is 0.317 e. The zero-order valence-corrected chi connectivity index (χ0v) is 17.5. The molecule has 2 atom stereocenters. The molecule has 2 saturated heterocycles. The Morgan fingerprint density at radius 1 is 1.32 bits per heavy atom. The number of likely N-dealkylation sites (tertiary alicyclic amines) is 1. The lowest BCUT2D eigenvalue weighted by molar-refractivity contribution is -0.121. The summed E-state index contributed by atoms with van der Waals surface area (Å²) in [6.45, 7) is 9.44. The largest absolute Gasteiger partial charge is 0.379 e. The third kappa shape index (κ3) is 5.65. The molecule has 0 saturated carbocycles. The van der Waals surface area contributed by atoms with Crippen molar-refractivity contribution in [2.24, 2.45) is 11.8 Å². The van der Waals surface area contributed by atoms with E-state index in [1.54, 1.807) is 11.1 Å². The van der Waals surface area contributed by atoms with Gasteiger partial charge in [-0.3, -0.25) is 9.69 Å². The van der Waals surface area contributed by atoms with E-state index in [2.05, 4.69) is 34.4 Å². The van der Waals surface area contributed by atoms with E-state index in [1.165, 1.54) is 11.3 Å². The lowest BCUT2D eigenvalue weighted by atomic mass is 9.97. The highest BCUT2D eigenvalue weighted by atomic mass is 32.1. The van der Waals surface area contributed by atoms with Crippen LogP contribution in [-0.4, -0.2) is 78.7 Å². The molecule has 28 heavy (non-hydrogen) atoms. The van der Waals surface area contributed by atoms with Gasteiger partial charge in [-0.05, 0) is 18.8 Å². The van der Waals surface area contributed by atoms with Crippen molar-refractivity contribution in [1.29, 1.82) is 0 Å². The maximum absolute atomic E-state index is 12.7. The Labute approximate surface area is 170 Å².